The van der Waals surface area contributed by atoms with Crippen LogP contribution in [0.5, 0.6) is 0 Å². The molecule has 0 aromatic heterocycles. The SMILES string of the molecule is CCC[CH2][Ge]([CH3])[CH3]. The monoisotopic (exact) mass is 161 g/mol. The van der Waals surface area contributed by atoms with E-state index in [0.717, 1.165) is 0 Å². The zero-order valence-corrected chi connectivity index (χ0v) is 7.72. The fraction of sp³-hybridized carbons (Fsp3) is 1.00. The Hall–Kier alpha value is 0.543. The van der Waals surface area contributed by atoms with E-state index in [0.29, 0.717) is 0 Å². The van der Waals surface area contributed by atoms with Crippen molar-refractivity contribution in [3.8, 4) is 0 Å². The van der Waals surface area contributed by atoms with Gasteiger partial charge in [0.2, 0.25) is 0 Å². The van der Waals surface area contributed by atoms with Crippen LogP contribution in [0.4, 0.5) is 0 Å². The van der Waals surface area contributed by atoms with Crippen LogP contribution in [0.2, 0.25) is 16.8 Å². The second kappa shape index (κ2) is 4.70. The summed E-state index contributed by atoms with van der Waals surface area (Å²) in [5.41, 5.74) is 0. The van der Waals surface area contributed by atoms with E-state index >= 15 is 0 Å². The molecule has 0 rings (SSSR count). The summed E-state index contributed by atoms with van der Waals surface area (Å²) in [5, 5.41) is 1.57. The average Bonchev–Trinajstić information content (AvgIpc) is 1.61. The standard InChI is InChI=1S/C6H15Ge/c1-4-5-6-7(2)3/h4-6H2,1-3H3. The topological polar surface area (TPSA) is 0 Å². The van der Waals surface area contributed by atoms with Crippen LogP contribution in [-0.4, -0.2) is 14.3 Å². The molecule has 0 N–H and O–H groups in total. The van der Waals surface area contributed by atoms with Gasteiger partial charge in [-0.1, -0.05) is 0 Å². The third-order valence-corrected chi connectivity index (χ3v) is 3.87. The van der Waals surface area contributed by atoms with E-state index < -0.39 is 14.3 Å². The molecule has 0 saturated heterocycles. The van der Waals surface area contributed by atoms with Gasteiger partial charge in [0, 0.05) is 0 Å². The second-order valence-corrected chi connectivity index (χ2v) is 8.42. The van der Waals surface area contributed by atoms with Gasteiger partial charge >= 0.3 is 50.9 Å². The number of rotatable bonds is 3. The first-order chi connectivity index (χ1) is 3.27. The first kappa shape index (κ1) is 7.54. The van der Waals surface area contributed by atoms with Crippen molar-refractivity contribution < 1.29 is 0 Å². The van der Waals surface area contributed by atoms with Crippen LogP contribution in [0.15, 0.2) is 0 Å². The van der Waals surface area contributed by atoms with Gasteiger partial charge in [0.1, 0.15) is 0 Å². The van der Waals surface area contributed by atoms with Crippen LogP contribution in [0.1, 0.15) is 19.8 Å². The van der Waals surface area contributed by atoms with Gasteiger partial charge in [0.15, 0.2) is 0 Å². The molecule has 0 bridgehead atoms. The van der Waals surface area contributed by atoms with Crippen LogP contribution < -0.4 is 0 Å². The Kier molecular flexibility index (Phi) is 5.06. The second-order valence-electron chi connectivity index (χ2n) is 2.31. The van der Waals surface area contributed by atoms with E-state index in [1.54, 1.807) is 5.25 Å². The molecule has 0 saturated carbocycles. The Morgan fingerprint density at radius 2 is 1.86 bits per heavy atom. The third kappa shape index (κ3) is 6.54. The third-order valence-electron chi connectivity index (χ3n) is 1.03. The molecule has 7 heavy (non-hydrogen) atoms. The summed E-state index contributed by atoms with van der Waals surface area (Å²) < 4.78 is 0. The Morgan fingerprint density at radius 3 is 2.00 bits per heavy atom. The summed E-state index contributed by atoms with van der Waals surface area (Å²) in [6, 6.07) is 0. The molecule has 0 spiro atoms. The van der Waals surface area contributed by atoms with Gasteiger partial charge in [-0.15, -0.1) is 0 Å². The van der Waals surface area contributed by atoms with Gasteiger partial charge < -0.3 is 0 Å². The molecule has 0 heterocycles. The fourth-order valence-corrected chi connectivity index (χ4v) is 2.76. The Morgan fingerprint density at radius 1 is 1.29 bits per heavy atom. The molecule has 1 radical (unpaired) electrons. The normalized spacial score (nSPS) is 10.3. The van der Waals surface area contributed by atoms with Crippen molar-refractivity contribution in [1.29, 1.82) is 0 Å². The summed E-state index contributed by atoms with van der Waals surface area (Å²) in [5.74, 6) is 4.88. The molecule has 0 unspecified atom stereocenters. The minimum absolute atomic E-state index is 0.406. The minimum atomic E-state index is -0.406. The van der Waals surface area contributed by atoms with E-state index in [1.807, 2.05) is 0 Å². The molecule has 0 aliphatic carbocycles. The number of hydrogen-bond acceptors (Lipinski definition) is 0. The Labute approximate surface area is 51.4 Å². The van der Waals surface area contributed by atoms with Crippen molar-refractivity contribution in [2.24, 2.45) is 0 Å². The summed E-state index contributed by atoms with van der Waals surface area (Å²) >= 11 is -0.406. The maximum atomic E-state index is 2.44. The quantitative estimate of drug-likeness (QED) is 0.556. The van der Waals surface area contributed by atoms with Crippen molar-refractivity contribution in [3.05, 3.63) is 0 Å². The van der Waals surface area contributed by atoms with Gasteiger partial charge in [0.25, 0.3) is 0 Å². The molecule has 0 fully saturated rings. The van der Waals surface area contributed by atoms with Crippen molar-refractivity contribution in [1.82, 2.24) is 0 Å². The maximum absolute atomic E-state index is 2.44. The van der Waals surface area contributed by atoms with Crippen LogP contribution in [0.3, 0.4) is 0 Å². The first-order valence-corrected chi connectivity index (χ1v) is 8.74. The van der Waals surface area contributed by atoms with E-state index in [1.165, 1.54) is 12.8 Å². The molecule has 0 nitrogen and oxygen atoms in total. The molecule has 0 aliphatic heterocycles. The zero-order valence-electron chi connectivity index (χ0n) is 5.62. The van der Waals surface area contributed by atoms with Gasteiger partial charge in [-0.2, -0.15) is 0 Å². The molecule has 43 valence electrons. The van der Waals surface area contributed by atoms with Crippen molar-refractivity contribution >= 4 is 14.3 Å². The predicted molar refractivity (Wildman–Crippen MR) is 37.2 cm³/mol. The summed E-state index contributed by atoms with van der Waals surface area (Å²) in [6.07, 6.45) is 2.86. The van der Waals surface area contributed by atoms with E-state index in [4.69, 9.17) is 0 Å². The van der Waals surface area contributed by atoms with Crippen LogP contribution in [0.25, 0.3) is 0 Å². The molecule has 0 aromatic carbocycles. The molecule has 0 amide bonds. The van der Waals surface area contributed by atoms with Crippen molar-refractivity contribution in [3.63, 3.8) is 0 Å². The molecule has 0 aliphatic rings. The van der Waals surface area contributed by atoms with Crippen molar-refractivity contribution in [2.45, 2.75) is 36.5 Å². The van der Waals surface area contributed by atoms with Gasteiger partial charge in [-0.3, -0.25) is 0 Å². The number of hydrogen-bond donors (Lipinski definition) is 0. The van der Waals surface area contributed by atoms with Crippen molar-refractivity contribution in [2.75, 3.05) is 0 Å². The van der Waals surface area contributed by atoms with Gasteiger partial charge in [0.05, 0.1) is 0 Å². The summed E-state index contributed by atoms with van der Waals surface area (Å²) in [7, 11) is 0. The molecule has 0 aromatic rings. The average molecular weight is 160 g/mol. The summed E-state index contributed by atoms with van der Waals surface area (Å²) in [6.45, 7) is 2.27. The molecular formula is C6H15Ge. The number of unbranched alkanes of at least 4 members (excludes halogenated alkanes) is 1. The predicted octanol–water partition coefficient (Wildman–Crippen LogP) is 2.54. The van der Waals surface area contributed by atoms with E-state index in [2.05, 4.69) is 18.4 Å². The molecule has 1 heteroatoms. The Balaban J connectivity index is 2.68. The van der Waals surface area contributed by atoms with Gasteiger partial charge in [-0.05, 0) is 0 Å². The van der Waals surface area contributed by atoms with Crippen LogP contribution in [0, 0.1) is 0 Å². The van der Waals surface area contributed by atoms with Gasteiger partial charge in [-0.25, -0.2) is 0 Å². The van der Waals surface area contributed by atoms with E-state index in [-0.39, 0.29) is 0 Å². The summed E-state index contributed by atoms with van der Waals surface area (Å²) in [4.78, 5) is 0. The first-order valence-electron chi connectivity index (χ1n) is 3.06. The molecular weight excluding hydrogens is 145 g/mol. The fourth-order valence-electron chi connectivity index (χ4n) is 0.530. The molecule has 0 atom stereocenters. The van der Waals surface area contributed by atoms with E-state index in [9.17, 15) is 0 Å². The van der Waals surface area contributed by atoms with Crippen LogP contribution in [-0.2, 0) is 0 Å². The Bertz CT molecular complexity index is 33.2. The van der Waals surface area contributed by atoms with Crippen LogP contribution >= 0.6 is 0 Å². The zero-order chi connectivity index (χ0) is 5.70.